The molecule has 2 aliphatic carbocycles. The monoisotopic (exact) mass is 285 g/mol. The third-order valence-corrected chi connectivity index (χ3v) is 5.60. The molecule has 1 N–H and O–H groups in total. The van der Waals surface area contributed by atoms with Crippen molar-refractivity contribution in [3.8, 4) is 0 Å². The van der Waals surface area contributed by atoms with Gasteiger partial charge >= 0.3 is 0 Å². The molecule has 2 saturated carbocycles. The number of anilines is 1. The number of rotatable bonds is 5. The summed E-state index contributed by atoms with van der Waals surface area (Å²) < 4.78 is 0. The number of nitrogens with one attached hydrogen (secondary N) is 1. The molecule has 0 aliphatic heterocycles. The average Bonchev–Trinajstić information content (AvgIpc) is 3.10. The van der Waals surface area contributed by atoms with Gasteiger partial charge in [-0.3, -0.25) is 4.79 Å². The first-order chi connectivity index (χ1) is 10.2. The molecule has 2 nitrogen and oxygen atoms in total. The van der Waals surface area contributed by atoms with Crippen molar-refractivity contribution < 1.29 is 4.79 Å². The quantitative estimate of drug-likeness (QED) is 0.843. The van der Waals surface area contributed by atoms with Crippen molar-refractivity contribution in [2.45, 2.75) is 58.8 Å². The second-order valence-corrected chi connectivity index (χ2v) is 6.85. The van der Waals surface area contributed by atoms with Crippen molar-refractivity contribution >= 4 is 11.6 Å². The average molecular weight is 285 g/mol. The first kappa shape index (κ1) is 14.6. The van der Waals surface area contributed by atoms with Crippen LogP contribution in [-0.4, -0.2) is 5.91 Å². The molecule has 1 aromatic carbocycles. The highest BCUT2D eigenvalue weighted by Crippen LogP contribution is 2.49. The molecule has 1 aromatic rings. The van der Waals surface area contributed by atoms with Crippen LogP contribution in [0.3, 0.4) is 0 Å². The Morgan fingerprint density at radius 3 is 2.38 bits per heavy atom. The summed E-state index contributed by atoms with van der Waals surface area (Å²) in [6.07, 6.45) is 8.09. The van der Waals surface area contributed by atoms with Gasteiger partial charge in [0.25, 0.3) is 0 Å². The van der Waals surface area contributed by atoms with Crippen molar-refractivity contribution in [3.63, 3.8) is 0 Å². The van der Waals surface area contributed by atoms with Crippen LogP contribution < -0.4 is 5.32 Å². The number of carbonyl (C=O) groups is 1. The molecule has 114 valence electrons. The highest BCUT2D eigenvalue weighted by atomic mass is 16.1. The van der Waals surface area contributed by atoms with Crippen LogP contribution >= 0.6 is 0 Å². The molecule has 0 radical (unpaired) electrons. The van der Waals surface area contributed by atoms with Crippen LogP contribution in [0.5, 0.6) is 0 Å². The summed E-state index contributed by atoms with van der Waals surface area (Å²) in [6, 6.07) is 6.36. The highest BCUT2D eigenvalue weighted by Gasteiger charge is 2.40. The van der Waals surface area contributed by atoms with Crippen molar-refractivity contribution in [1.29, 1.82) is 0 Å². The first-order valence-electron chi connectivity index (χ1n) is 8.61. The normalized spacial score (nSPS) is 27.0. The molecular weight excluding hydrogens is 258 g/mol. The minimum atomic E-state index is 0.225. The van der Waals surface area contributed by atoms with E-state index in [0.29, 0.717) is 5.92 Å². The second-order valence-electron chi connectivity index (χ2n) is 6.85. The number of amides is 1. The number of hydrogen-bond acceptors (Lipinski definition) is 1. The molecular formula is C19H27NO. The molecule has 0 spiro atoms. The predicted octanol–water partition coefficient (Wildman–Crippen LogP) is 4.58. The van der Waals surface area contributed by atoms with Gasteiger partial charge in [0.2, 0.25) is 5.91 Å². The lowest BCUT2D eigenvalue weighted by Gasteiger charge is -2.22. The third kappa shape index (κ3) is 3.00. The van der Waals surface area contributed by atoms with Crippen molar-refractivity contribution in [2.75, 3.05) is 5.32 Å². The maximum absolute atomic E-state index is 12.5. The van der Waals surface area contributed by atoms with E-state index in [1.165, 1.54) is 36.8 Å². The Balaban J connectivity index is 1.67. The summed E-state index contributed by atoms with van der Waals surface area (Å²) in [4.78, 5) is 12.5. The Kier molecular flexibility index (Phi) is 4.32. The van der Waals surface area contributed by atoms with E-state index in [1.54, 1.807) is 0 Å². The van der Waals surface area contributed by atoms with Crippen molar-refractivity contribution in [3.05, 3.63) is 29.3 Å². The Bertz CT molecular complexity index is 500. The lowest BCUT2D eigenvalue weighted by molar-refractivity contribution is -0.117. The summed E-state index contributed by atoms with van der Waals surface area (Å²) in [5, 5.41) is 3.23. The molecule has 0 heterocycles. The van der Waals surface area contributed by atoms with Gasteiger partial charge in [0.1, 0.15) is 0 Å². The van der Waals surface area contributed by atoms with Crippen molar-refractivity contribution in [1.82, 2.24) is 0 Å². The van der Waals surface area contributed by atoms with Crippen molar-refractivity contribution in [2.24, 2.45) is 17.8 Å². The van der Waals surface area contributed by atoms with E-state index < -0.39 is 0 Å². The fourth-order valence-electron chi connectivity index (χ4n) is 4.46. The van der Waals surface area contributed by atoms with E-state index >= 15 is 0 Å². The Morgan fingerprint density at radius 1 is 1.14 bits per heavy atom. The number of aryl methyl sites for hydroxylation is 2. The molecule has 3 rings (SSSR count). The number of hydrogen-bond donors (Lipinski definition) is 1. The topological polar surface area (TPSA) is 29.1 Å². The van der Waals surface area contributed by atoms with Crippen LogP contribution in [0.4, 0.5) is 5.69 Å². The summed E-state index contributed by atoms with van der Waals surface area (Å²) >= 11 is 0. The molecule has 2 aliphatic rings. The second kappa shape index (κ2) is 6.21. The fourth-order valence-corrected chi connectivity index (χ4v) is 4.46. The van der Waals surface area contributed by atoms with Gasteiger partial charge in [-0.1, -0.05) is 38.5 Å². The van der Waals surface area contributed by atoms with Gasteiger partial charge < -0.3 is 5.32 Å². The van der Waals surface area contributed by atoms with Crippen LogP contribution in [0.2, 0.25) is 0 Å². The minimum Gasteiger partial charge on any atom is -0.326 e. The summed E-state index contributed by atoms with van der Waals surface area (Å²) in [5.74, 6) is 2.61. The van der Waals surface area contributed by atoms with Crippen LogP contribution in [0.1, 0.15) is 57.1 Å². The lowest BCUT2D eigenvalue weighted by Crippen LogP contribution is -2.21. The van der Waals surface area contributed by atoms with Gasteiger partial charge in [-0.05, 0) is 61.0 Å². The van der Waals surface area contributed by atoms with Crippen LogP contribution in [-0.2, 0) is 17.6 Å². The third-order valence-electron chi connectivity index (χ3n) is 5.60. The zero-order valence-electron chi connectivity index (χ0n) is 13.3. The van der Waals surface area contributed by atoms with Crippen LogP contribution in [0.15, 0.2) is 18.2 Å². The Hall–Kier alpha value is -1.31. The van der Waals surface area contributed by atoms with Gasteiger partial charge in [-0.2, -0.15) is 0 Å². The molecule has 3 unspecified atom stereocenters. The largest absolute Gasteiger partial charge is 0.326 e. The molecule has 0 aromatic heterocycles. The van der Waals surface area contributed by atoms with Gasteiger partial charge in [-0.15, -0.1) is 0 Å². The molecule has 2 bridgehead atoms. The summed E-state index contributed by atoms with van der Waals surface area (Å²) in [5.41, 5.74) is 3.60. The molecule has 2 fully saturated rings. The zero-order valence-corrected chi connectivity index (χ0v) is 13.3. The Morgan fingerprint density at radius 2 is 1.86 bits per heavy atom. The van der Waals surface area contributed by atoms with Gasteiger partial charge in [-0.25, -0.2) is 0 Å². The number of benzene rings is 1. The zero-order chi connectivity index (χ0) is 14.8. The van der Waals surface area contributed by atoms with E-state index in [4.69, 9.17) is 0 Å². The predicted molar refractivity (Wildman–Crippen MR) is 87.4 cm³/mol. The molecule has 1 amide bonds. The van der Waals surface area contributed by atoms with Gasteiger partial charge in [0.05, 0.1) is 0 Å². The van der Waals surface area contributed by atoms with Gasteiger partial charge in [0, 0.05) is 12.1 Å². The number of carbonyl (C=O) groups excluding carboxylic acids is 1. The minimum absolute atomic E-state index is 0.225. The SMILES string of the molecule is CCc1cccc(CC)c1NC(=O)CC1CC2CCC1C2. The Labute approximate surface area is 128 Å². The van der Waals surface area contributed by atoms with E-state index in [2.05, 4.69) is 37.4 Å². The van der Waals surface area contributed by atoms with E-state index in [9.17, 15) is 4.79 Å². The maximum atomic E-state index is 12.5. The van der Waals surface area contributed by atoms with E-state index in [-0.39, 0.29) is 5.91 Å². The highest BCUT2D eigenvalue weighted by molar-refractivity contribution is 5.92. The van der Waals surface area contributed by atoms with Crippen LogP contribution in [0.25, 0.3) is 0 Å². The summed E-state index contributed by atoms with van der Waals surface area (Å²) in [7, 11) is 0. The molecule has 3 atom stereocenters. The number of fused-ring (bicyclic) bond motifs is 2. The summed E-state index contributed by atoms with van der Waals surface area (Å²) in [6.45, 7) is 4.31. The molecule has 21 heavy (non-hydrogen) atoms. The lowest BCUT2D eigenvalue weighted by atomic mass is 9.86. The number of para-hydroxylation sites is 1. The maximum Gasteiger partial charge on any atom is 0.224 e. The molecule has 0 saturated heterocycles. The van der Waals surface area contributed by atoms with Gasteiger partial charge in [0.15, 0.2) is 0 Å². The first-order valence-corrected chi connectivity index (χ1v) is 8.61. The van der Waals surface area contributed by atoms with E-state index in [0.717, 1.165) is 36.8 Å². The van der Waals surface area contributed by atoms with Crippen LogP contribution in [0, 0.1) is 17.8 Å². The van der Waals surface area contributed by atoms with E-state index in [1.807, 2.05) is 0 Å². The fraction of sp³-hybridized carbons (Fsp3) is 0.632. The standard InChI is InChI=1S/C19H27NO/c1-3-14-6-5-7-15(4-2)19(14)20-18(21)12-17-11-13-8-9-16(17)10-13/h5-7,13,16-17H,3-4,8-12H2,1-2H3,(H,20,21). The smallest absolute Gasteiger partial charge is 0.224 e. The molecule has 2 heteroatoms.